The summed E-state index contributed by atoms with van der Waals surface area (Å²) in [4.78, 5) is 11.1. The van der Waals surface area contributed by atoms with Crippen LogP contribution in [-0.2, 0) is 9.53 Å². The van der Waals surface area contributed by atoms with Crippen molar-refractivity contribution in [3.8, 4) is 0 Å². The molecule has 0 aliphatic rings. The fourth-order valence-electron chi connectivity index (χ4n) is 2.03. The van der Waals surface area contributed by atoms with E-state index in [1.54, 1.807) is 0 Å². The van der Waals surface area contributed by atoms with Gasteiger partial charge in [-0.05, 0) is 32.6 Å². The number of carbonyl (C=O) groups is 1. The maximum absolute atomic E-state index is 11.1. The van der Waals surface area contributed by atoms with E-state index in [-0.39, 0.29) is 5.97 Å². The minimum atomic E-state index is -0.0419. The van der Waals surface area contributed by atoms with Crippen LogP contribution in [0.5, 0.6) is 0 Å². The van der Waals surface area contributed by atoms with Crippen molar-refractivity contribution in [3.05, 3.63) is 12.2 Å². The van der Waals surface area contributed by atoms with Crippen molar-refractivity contribution < 1.29 is 9.53 Å². The number of carbonyl (C=O) groups excluding carboxylic acids is 1. The lowest BCUT2D eigenvalue weighted by molar-refractivity contribution is -0.143. The Morgan fingerprint density at radius 3 is 2.05 bits per heavy atom. The summed E-state index contributed by atoms with van der Waals surface area (Å²) >= 11 is 0. The first-order valence-corrected chi connectivity index (χ1v) is 8.11. The summed E-state index contributed by atoms with van der Waals surface area (Å²) < 4.78 is 4.90. The lowest BCUT2D eigenvalue weighted by Crippen LogP contribution is -2.03. The number of ether oxygens (including phenoxy) is 1. The first-order chi connectivity index (χ1) is 9.31. The van der Waals surface area contributed by atoms with Crippen LogP contribution in [0.15, 0.2) is 12.2 Å². The van der Waals surface area contributed by atoms with Gasteiger partial charge in [-0.2, -0.15) is 0 Å². The van der Waals surface area contributed by atoms with Gasteiger partial charge in [0.05, 0.1) is 6.61 Å². The third-order valence-electron chi connectivity index (χ3n) is 3.20. The molecule has 19 heavy (non-hydrogen) atoms. The van der Waals surface area contributed by atoms with Gasteiger partial charge in [0.15, 0.2) is 0 Å². The predicted octanol–water partition coefficient (Wildman–Crippen LogP) is 5.42. The smallest absolute Gasteiger partial charge is 0.305 e. The molecule has 0 heterocycles. The number of rotatable bonds is 13. The topological polar surface area (TPSA) is 26.3 Å². The fraction of sp³-hybridized carbons (Fsp3) is 0.824. The monoisotopic (exact) mass is 268 g/mol. The second kappa shape index (κ2) is 15.3. The highest BCUT2D eigenvalue weighted by molar-refractivity contribution is 5.69. The molecule has 0 bridgehead atoms. The van der Waals surface area contributed by atoms with E-state index in [0.717, 1.165) is 12.8 Å². The third-order valence-corrected chi connectivity index (χ3v) is 3.20. The summed E-state index contributed by atoms with van der Waals surface area (Å²) in [6, 6.07) is 0. The summed E-state index contributed by atoms with van der Waals surface area (Å²) in [5.41, 5.74) is 0. The molecule has 0 saturated heterocycles. The van der Waals surface area contributed by atoms with Crippen LogP contribution < -0.4 is 0 Å². The summed E-state index contributed by atoms with van der Waals surface area (Å²) in [5.74, 6) is -0.0419. The number of hydrogen-bond acceptors (Lipinski definition) is 2. The Balaban J connectivity index is 3.10. The number of hydrogen-bond donors (Lipinski definition) is 0. The molecule has 112 valence electrons. The summed E-state index contributed by atoms with van der Waals surface area (Å²) in [5, 5.41) is 0. The third kappa shape index (κ3) is 15.2. The van der Waals surface area contributed by atoms with Gasteiger partial charge in [-0.25, -0.2) is 0 Å². The van der Waals surface area contributed by atoms with E-state index in [1.165, 1.54) is 51.4 Å². The molecule has 0 rings (SSSR count). The van der Waals surface area contributed by atoms with Gasteiger partial charge < -0.3 is 4.74 Å². The normalized spacial score (nSPS) is 11.1. The van der Waals surface area contributed by atoms with Crippen LogP contribution in [0.2, 0.25) is 0 Å². The van der Waals surface area contributed by atoms with Gasteiger partial charge in [0, 0.05) is 6.42 Å². The summed E-state index contributed by atoms with van der Waals surface area (Å²) in [6.45, 7) is 4.59. The van der Waals surface area contributed by atoms with Crippen LogP contribution in [0.4, 0.5) is 0 Å². The first-order valence-electron chi connectivity index (χ1n) is 8.11. The van der Waals surface area contributed by atoms with Crippen LogP contribution in [-0.4, -0.2) is 12.6 Å². The van der Waals surface area contributed by atoms with Crippen molar-refractivity contribution in [2.45, 2.75) is 84.5 Å². The molecule has 0 aliphatic heterocycles. The largest absolute Gasteiger partial charge is 0.466 e. The van der Waals surface area contributed by atoms with E-state index in [4.69, 9.17) is 4.74 Å². The summed E-state index contributed by atoms with van der Waals surface area (Å²) in [6.07, 6.45) is 17.6. The zero-order chi connectivity index (χ0) is 14.2. The van der Waals surface area contributed by atoms with Crippen molar-refractivity contribution in [2.24, 2.45) is 0 Å². The van der Waals surface area contributed by atoms with Gasteiger partial charge >= 0.3 is 5.97 Å². The number of allylic oxidation sites excluding steroid dienone is 2. The van der Waals surface area contributed by atoms with E-state index in [2.05, 4.69) is 19.1 Å². The molecule has 2 nitrogen and oxygen atoms in total. The maximum Gasteiger partial charge on any atom is 0.305 e. The minimum Gasteiger partial charge on any atom is -0.466 e. The molecule has 0 fully saturated rings. The van der Waals surface area contributed by atoms with Crippen molar-refractivity contribution in [1.29, 1.82) is 0 Å². The van der Waals surface area contributed by atoms with E-state index < -0.39 is 0 Å². The molecule has 2 heteroatoms. The van der Waals surface area contributed by atoms with Crippen LogP contribution in [0.3, 0.4) is 0 Å². The molecule has 0 unspecified atom stereocenters. The van der Waals surface area contributed by atoms with Crippen LogP contribution in [0, 0.1) is 0 Å². The Morgan fingerprint density at radius 2 is 1.42 bits per heavy atom. The lowest BCUT2D eigenvalue weighted by atomic mass is 10.1. The average Bonchev–Trinajstić information content (AvgIpc) is 2.40. The Labute approximate surface area is 119 Å². The van der Waals surface area contributed by atoms with Crippen molar-refractivity contribution in [2.75, 3.05) is 6.61 Å². The molecule has 0 spiro atoms. The highest BCUT2D eigenvalue weighted by Gasteiger charge is 2.00. The zero-order valence-corrected chi connectivity index (χ0v) is 13.0. The molecular formula is C17H32O2. The standard InChI is InChI=1S/C17H32O2/c1-3-5-6-7-8-9-10-11-12-13-14-15-16-17(18)19-4-2/h7-8H,3-6,9-16H2,1-2H3/b8-7+. The fourth-order valence-corrected chi connectivity index (χ4v) is 2.03. The quantitative estimate of drug-likeness (QED) is 0.253. The highest BCUT2D eigenvalue weighted by Crippen LogP contribution is 2.09. The van der Waals surface area contributed by atoms with Gasteiger partial charge in [-0.3, -0.25) is 4.79 Å². The Morgan fingerprint density at radius 1 is 0.842 bits per heavy atom. The van der Waals surface area contributed by atoms with Crippen molar-refractivity contribution in [1.82, 2.24) is 0 Å². The molecule has 0 atom stereocenters. The van der Waals surface area contributed by atoms with Gasteiger partial charge in [-0.15, -0.1) is 0 Å². The zero-order valence-electron chi connectivity index (χ0n) is 13.0. The van der Waals surface area contributed by atoms with E-state index in [9.17, 15) is 4.79 Å². The molecule has 0 N–H and O–H groups in total. The minimum absolute atomic E-state index is 0.0419. The second-order valence-corrected chi connectivity index (χ2v) is 5.08. The van der Waals surface area contributed by atoms with Gasteiger partial charge in [-0.1, -0.05) is 57.6 Å². The molecule has 0 aromatic rings. The number of esters is 1. The molecule has 0 saturated carbocycles. The van der Waals surface area contributed by atoms with Crippen LogP contribution in [0.25, 0.3) is 0 Å². The van der Waals surface area contributed by atoms with Crippen molar-refractivity contribution in [3.63, 3.8) is 0 Å². The van der Waals surface area contributed by atoms with E-state index in [0.29, 0.717) is 13.0 Å². The maximum atomic E-state index is 11.1. The number of unbranched alkanes of at least 4 members (excludes halogenated alkanes) is 8. The summed E-state index contributed by atoms with van der Waals surface area (Å²) in [7, 11) is 0. The Bertz CT molecular complexity index is 221. The second-order valence-electron chi connectivity index (χ2n) is 5.08. The Hall–Kier alpha value is -0.790. The molecule has 0 amide bonds. The molecule has 0 aliphatic carbocycles. The van der Waals surface area contributed by atoms with Crippen LogP contribution >= 0.6 is 0 Å². The highest BCUT2D eigenvalue weighted by atomic mass is 16.5. The SMILES string of the molecule is CCCC/C=C/CCCCCCCCC(=O)OCC. The molecule has 0 aromatic heterocycles. The van der Waals surface area contributed by atoms with E-state index >= 15 is 0 Å². The molecule has 0 radical (unpaired) electrons. The Kier molecular flexibility index (Phi) is 14.6. The van der Waals surface area contributed by atoms with Crippen molar-refractivity contribution >= 4 is 5.97 Å². The van der Waals surface area contributed by atoms with Crippen LogP contribution in [0.1, 0.15) is 84.5 Å². The molecular weight excluding hydrogens is 236 g/mol. The van der Waals surface area contributed by atoms with Gasteiger partial charge in [0.1, 0.15) is 0 Å². The van der Waals surface area contributed by atoms with E-state index in [1.807, 2.05) is 6.92 Å². The lowest BCUT2D eigenvalue weighted by Gasteiger charge is -2.02. The van der Waals surface area contributed by atoms with Gasteiger partial charge in [0.25, 0.3) is 0 Å². The molecule has 0 aromatic carbocycles. The average molecular weight is 268 g/mol. The predicted molar refractivity (Wildman–Crippen MR) is 82.2 cm³/mol. The van der Waals surface area contributed by atoms with Gasteiger partial charge in [0.2, 0.25) is 0 Å². The first kappa shape index (κ1) is 18.2.